The van der Waals surface area contributed by atoms with Gasteiger partial charge in [0.05, 0.1) is 11.9 Å². The molecule has 0 spiro atoms. The number of amides is 2. The van der Waals surface area contributed by atoms with Gasteiger partial charge in [-0.1, -0.05) is 26.0 Å². The van der Waals surface area contributed by atoms with Crippen LogP contribution in [0.5, 0.6) is 0 Å². The number of nitrogen functional groups attached to an aromatic ring is 1. The summed E-state index contributed by atoms with van der Waals surface area (Å²) in [5.74, 6) is 0.0441. The molecule has 0 unspecified atom stereocenters. The van der Waals surface area contributed by atoms with Gasteiger partial charge in [-0.05, 0) is 32.0 Å². The number of aromatic nitrogens is 5. The van der Waals surface area contributed by atoms with Crippen LogP contribution in [-0.4, -0.2) is 66.6 Å². The number of anilines is 2. The van der Waals surface area contributed by atoms with Crippen molar-refractivity contribution in [1.82, 2.24) is 29.3 Å². The molecule has 0 bridgehead atoms. The number of rotatable bonds is 6. The molecule has 10 nitrogen and oxygen atoms in total. The summed E-state index contributed by atoms with van der Waals surface area (Å²) in [6.45, 7) is 7.70. The van der Waals surface area contributed by atoms with Gasteiger partial charge >= 0.3 is 0 Å². The summed E-state index contributed by atoms with van der Waals surface area (Å²) in [7, 11) is 0. The maximum absolute atomic E-state index is 13.2. The number of benzene rings is 1. The van der Waals surface area contributed by atoms with E-state index in [9.17, 15) is 18.4 Å². The molecule has 3 aromatic heterocycles. The van der Waals surface area contributed by atoms with Crippen LogP contribution in [0.3, 0.4) is 0 Å². The minimum absolute atomic E-state index is 0.184. The molecule has 1 aliphatic heterocycles. The van der Waals surface area contributed by atoms with Gasteiger partial charge in [0.2, 0.25) is 6.41 Å². The quantitative estimate of drug-likeness (QED) is 0.385. The van der Waals surface area contributed by atoms with E-state index in [1.165, 1.54) is 28.3 Å². The summed E-state index contributed by atoms with van der Waals surface area (Å²) >= 11 is 0. The van der Waals surface area contributed by atoms with Crippen LogP contribution < -0.4 is 10.6 Å². The zero-order valence-corrected chi connectivity index (χ0v) is 21.7. The van der Waals surface area contributed by atoms with E-state index in [0.717, 1.165) is 5.56 Å². The highest BCUT2D eigenvalue weighted by Gasteiger charge is 2.41. The largest absolute Gasteiger partial charge is 0.382 e. The molecule has 4 heterocycles. The van der Waals surface area contributed by atoms with E-state index in [4.69, 9.17) is 5.73 Å². The first kappa shape index (κ1) is 26.7. The first-order valence-corrected chi connectivity index (χ1v) is 12.3. The maximum Gasteiger partial charge on any atom is 0.257 e. The fourth-order valence-electron chi connectivity index (χ4n) is 4.54. The van der Waals surface area contributed by atoms with Crippen molar-refractivity contribution in [2.45, 2.75) is 46.2 Å². The molecule has 38 heavy (non-hydrogen) atoms. The fraction of sp³-hybridized carbons (Fsp3) is 0.346. The Labute approximate surface area is 218 Å². The van der Waals surface area contributed by atoms with E-state index in [1.807, 2.05) is 44.2 Å². The third kappa shape index (κ3) is 4.69. The lowest BCUT2D eigenvalue weighted by molar-refractivity contribution is -0.139. The Bertz CT molecular complexity index is 1460. The maximum atomic E-state index is 13.2. The highest BCUT2D eigenvalue weighted by Crippen LogP contribution is 2.36. The molecule has 1 aromatic carbocycles. The number of nitrogens with zero attached hydrogens (tertiary/aromatic N) is 7. The molecule has 200 valence electrons. The number of halogens is 2. The van der Waals surface area contributed by atoms with Crippen molar-refractivity contribution in [3.63, 3.8) is 0 Å². The molecule has 0 atom stereocenters. The van der Waals surface area contributed by atoms with E-state index in [-0.39, 0.29) is 11.7 Å². The second-order valence-corrected chi connectivity index (χ2v) is 9.06. The van der Waals surface area contributed by atoms with Crippen LogP contribution in [0.4, 0.5) is 20.3 Å². The molecule has 4 aromatic rings. The number of nitrogens with two attached hydrogens (primary N) is 1. The smallest absolute Gasteiger partial charge is 0.257 e. The predicted molar refractivity (Wildman–Crippen MR) is 141 cm³/mol. The Morgan fingerprint density at radius 3 is 2.61 bits per heavy atom. The minimum atomic E-state index is -2.53. The van der Waals surface area contributed by atoms with Gasteiger partial charge in [0.1, 0.15) is 23.9 Å². The Morgan fingerprint density at radius 1 is 1.13 bits per heavy atom. The van der Waals surface area contributed by atoms with Gasteiger partial charge in [0.25, 0.3) is 12.3 Å². The third-order valence-corrected chi connectivity index (χ3v) is 6.48. The van der Waals surface area contributed by atoms with Gasteiger partial charge < -0.3 is 15.5 Å². The van der Waals surface area contributed by atoms with E-state index in [0.29, 0.717) is 47.5 Å². The number of carbonyl (C=O) groups is 2. The van der Waals surface area contributed by atoms with Crippen molar-refractivity contribution < 1.29 is 18.4 Å². The molecule has 12 heteroatoms. The van der Waals surface area contributed by atoms with E-state index in [2.05, 4.69) is 15.2 Å². The van der Waals surface area contributed by atoms with Crippen LogP contribution in [0, 0.1) is 0 Å². The van der Waals surface area contributed by atoms with Gasteiger partial charge in [0, 0.05) is 41.7 Å². The second-order valence-electron chi connectivity index (χ2n) is 9.06. The fourth-order valence-corrected chi connectivity index (χ4v) is 4.54. The van der Waals surface area contributed by atoms with Crippen molar-refractivity contribution in [1.29, 1.82) is 0 Å². The topological polar surface area (TPSA) is 115 Å². The Hall–Kier alpha value is -4.35. The molecule has 1 fully saturated rings. The predicted octanol–water partition coefficient (Wildman–Crippen LogP) is 3.72. The van der Waals surface area contributed by atoms with Crippen LogP contribution in [0.15, 0.2) is 49.1 Å². The van der Waals surface area contributed by atoms with Crippen molar-refractivity contribution >= 4 is 29.3 Å². The second kappa shape index (κ2) is 10.6. The van der Waals surface area contributed by atoms with Gasteiger partial charge in [-0.3, -0.25) is 14.3 Å². The zero-order valence-electron chi connectivity index (χ0n) is 21.7. The lowest BCUT2D eigenvalue weighted by Crippen LogP contribution is -2.62. The summed E-state index contributed by atoms with van der Waals surface area (Å²) in [5.41, 5.74) is 9.10. The summed E-state index contributed by atoms with van der Waals surface area (Å²) in [4.78, 5) is 31.9. The van der Waals surface area contributed by atoms with Gasteiger partial charge in [-0.2, -0.15) is 10.2 Å². The number of piperazine rings is 1. The number of hydrogen-bond acceptors (Lipinski definition) is 6. The average molecular weight is 525 g/mol. The zero-order chi connectivity index (χ0) is 27.6. The van der Waals surface area contributed by atoms with Crippen molar-refractivity contribution in [3.8, 4) is 22.4 Å². The Morgan fingerprint density at radius 2 is 1.89 bits per heavy atom. The number of fused-ring (bicyclic) bond motifs is 1. The molecule has 5 rings (SSSR count). The molecule has 2 N–H and O–H groups in total. The first-order valence-electron chi connectivity index (χ1n) is 12.3. The monoisotopic (exact) mass is 524 g/mol. The highest BCUT2D eigenvalue weighted by molar-refractivity contribution is 6.02. The van der Waals surface area contributed by atoms with Crippen molar-refractivity contribution in [3.05, 3.63) is 49.1 Å². The Balaban J connectivity index is 0.00000164. The van der Waals surface area contributed by atoms with E-state index < -0.39 is 18.5 Å². The van der Waals surface area contributed by atoms with Crippen LogP contribution in [0.1, 0.15) is 27.7 Å². The summed E-state index contributed by atoms with van der Waals surface area (Å²) in [6.07, 6.45) is 2.54. The summed E-state index contributed by atoms with van der Waals surface area (Å²) in [5, 5.41) is 8.41. The van der Waals surface area contributed by atoms with Gasteiger partial charge in [0.15, 0.2) is 5.82 Å². The SMILES string of the molecule is CC.CC1(C)C(=O)N(c2cccc(-c3cc(-c4cnn(CC(F)F)c4)c4c(N)ncnn34)c2)CCN1C=O. The van der Waals surface area contributed by atoms with Crippen LogP contribution >= 0.6 is 0 Å². The number of hydrogen-bond donors (Lipinski definition) is 1. The van der Waals surface area contributed by atoms with Crippen LogP contribution in [0.25, 0.3) is 27.9 Å². The Kier molecular flexibility index (Phi) is 7.42. The molecular weight excluding hydrogens is 494 g/mol. The molecular formula is C26H30F2N8O2. The normalized spacial score (nSPS) is 15.1. The van der Waals surface area contributed by atoms with E-state index in [1.54, 1.807) is 23.3 Å². The minimum Gasteiger partial charge on any atom is -0.382 e. The molecule has 2 amide bonds. The third-order valence-electron chi connectivity index (χ3n) is 6.48. The van der Waals surface area contributed by atoms with Crippen LogP contribution in [-0.2, 0) is 16.1 Å². The summed E-state index contributed by atoms with van der Waals surface area (Å²) in [6, 6.07) is 9.27. The molecule has 1 aliphatic rings. The van der Waals surface area contributed by atoms with Crippen molar-refractivity contribution in [2.24, 2.45) is 0 Å². The standard InChI is InChI=1S/C24H24F2N8O2.C2H6/c1-24(2)23(36)33(7-6-31(24)14-35)17-5-3-4-15(8-17)19-9-18(21-22(27)28-13-30-34(19)21)16-10-29-32(11-16)12-20(25)26;1-2/h3-5,8-11,13-14,20H,6-7,12H2,1-2H3,(H2,27,28,30);1-2H3. The lowest BCUT2D eigenvalue weighted by atomic mass is 9.97. The summed E-state index contributed by atoms with van der Waals surface area (Å²) < 4.78 is 28.5. The number of carbonyl (C=O) groups excluding carboxylic acids is 2. The lowest BCUT2D eigenvalue weighted by Gasteiger charge is -2.44. The molecule has 0 radical (unpaired) electrons. The first-order chi connectivity index (χ1) is 18.2. The average Bonchev–Trinajstić information content (AvgIpc) is 3.52. The molecule has 0 saturated carbocycles. The van der Waals surface area contributed by atoms with Crippen molar-refractivity contribution in [2.75, 3.05) is 23.7 Å². The number of alkyl halides is 2. The molecule has 0 aliphatic carbocycles. The van der Waals surface area contributed by atoms with Crippen LogP contribution in [0.2, 0.25) is 0 Å². The van der Waals surface area contributed by atoms with E-state index >= 15 is 0 Å². The highest BCUT2D eigenvalue weighted by atomic mass is 19.3. The van der Waals surface area contributed by atoms with Gasteiger partial charge in [-0.25, -0.2) is 18.3 Å². The van der Waals surface area contributed by atoms with Gasteiger partial charge in [-0.15, -0.1) is 0 Å². The molecule has 1 saturated heterocycles.